The SMILES string of the molecule is CN(Cc1cccc([N+](=O)[O-])c1)C(=O)c1ccc(=O)[nH]c1. The lowest BCUT2D eigenvalue weighted by Gasteiger charge is -2.17. The van der Waals surface area contributed by atoms with Crippen molar-refractivity contribution in [3.05, 3.63) is 74.2 Å². The number of carbonyl (C=O) groups is 1. The molecular formula is C14H13N3O4. The summed E-state index contributed by atoms with van der Waals surface area (Å²) in [7, 11) is 1.59. The molecule has 1 heterocycles. The number of aromatic amines is 1. The van der Waals surface area contributed by atoms with Crippen molar-refractivity contribution in [3.63, 3.8) is 0 Å². The molecule has 108 valence electrons. The Morgan fingerprint density at radius 1 is 1.33 bits per heavy atom. The van der Waals surface area contributed by atoms with Gasteiger partial charge in [-0.2, -0.15) is 0 Å². The average Bonchev–Trinajstić information content (AvgIpc) is 2.47. The number of aromatic nitrogens is 1. The van der Waals surface area contributed by atoms with Gasteiger partial charge in [0.1, 0.15) is 0 Å². The molecule has 1 aromatic heterocycles. The fourth-order valence-electron chi connectivity index (χ4n) is 1.88. The van der Waals surface area contributed by atoms with Crippen LogP contribution in [0.15, 0.2) is 47.4 Å². The third-order valence-electron chi connectivity index (χ3n) is 2.92. The maximum absolute atomic E-state index is 12.1. The summed E-state index contributed by atoms with van der Waals surface area (Å²) < 4.78 is 0. The number of hydrogen-bond donors (Lipinski definition) is 1. The van der Waals surface area contributed by atoms with E-state index in [4.69, 9.17) is 0 Å². The molecule has 0 spiro atoms. The van der Waals surface area contributed by atoms with Crippen molar-refractivity contribution in [2.24, 2.45) is 0 Å². The van der Waals surface area contributed by atoms with Crippen molar-refractivity contribution in [2.45, 2.75) is 6.54 Å². The van der Waals surface area contributed by atoms with Crippen LogP contribution in [0, 0.1) is 10.1 Å². The molecule has 0 saturated carbocycles. The van der Waals surface area contributed by atoms with Gasteiger partial charge in [-0.15, -0.1) is 0 Å². The molecule has 0 fully saturated rings. The standard InChI is InChI=1S/C14H13N3O4/c1-16(14(19)11-5-6-13(18)15-8-11)9-10-3-2-4-12(7-10)17(20)21/h2-8H,9H2,1H3,(H,15,18). The molecular weight excluding hydrogens is 274 g/mol. The summed E-state index contributed by atoms with van der Waals surface area (Å²) in [6.45, 7) is 0.236. The lowest BCUT2D eigenvalue weighted by Crippen LogP contribution is -2.26. The zero-order valence-corrected chi connectivity index (χ0v) is 11.3. The molecule has 0 unspecified atom stereocenters. The molecule has 0 radical (unpaired) electrons. The number of H-pyrrole nitrogens is 1. The number of amides is 1. The van der Waals surface area contributed by atoms with Crippen LogP contribution in [0.25, 0.3) is 0 Å². The van der Waals surface area contributed by atoms with Crippen LogP contribution >= 0.6 is 0 Å². The second-order valence-electron chi connectivity index (χ2n) is 4.53. The molecule has 1 N–H and O–H groups in total. The lowest BCUT2D eigenvalue weighted by atomic mass is 10.2. The summed E-state index contributed by atoms with van der Waals surface area (Å²) in [5, 5.41) is 10.7. The highest BCUT2D eigenvalue weighted by molar-refractivity contribution is 5.93. The highest BCUT2D eigenvalue weighted by Gasteiger charge is 2.13. The second-order valence-corrected chi connectivity index (χ2v) is 4.53. The summed E-state index contributed by atoms with van der Waals surface area (Å²) in [6, 6.07) is 8.82. The van der Waals surface area contributed by atoms with E-state index in [2.05, 4.69) is 4.98 Å². The van der Waals surface area contributed by atoms with Crippen LogP contribution in [0.2, 0.25) is 0 Å². The second kappa shape index (κ2) is 6.00. The summed E-state index contributed by atoms with van der Waals surface area (Å²) in [4.78, 5) is 37.2. The van der Waals surface area contributed by atoms with Gasteiger partial charge in [0.2, 0.25) is 5.56 Å². The van der Waals surface area contributed by atoms with Crippen molar-refractivity contribution < 1.29 is 9.72 Å². The Morgan fingerprint density at radius 3 is 2.71 bits per heavy atom. The van der Waals surface area contributed by atoms with Crippen molar-refractivity contribution in [2.75, 3.05) is 7.05 Å². The number of nitrogens with one attached hydrogen (secondary N) is 1. The molecule has 2 aromatic rings. The molecule has 0 saturated heterocycles. The van der Waals surface area contributed by atoms with Gasteiger partial charge in [-0.3, -0.25) is 19.7 Å². The highest BCUT2D eigenvalue weighted by Crippen LogP contribution is 2.15. The Hall–Kier alpha value is -2.96. The fourth-order valence-corrected chi connectivity index (χ4v) is 1.88. The molecule has 0 bridgehead atoms. The predicted octanol–water partition coefficient (Wildman–Crippen LogP) is 1.56. The number of nitro benzene ring substituents is 1. The van der Waals surface area contributed by atoms with Gasteiger partial charge < -0.3 is 9.88 Å². The van der Waals surface area contributed by atoms with Gasteiger partial charge in [0.25, 0.3) is 11.6 Å². The Balaban J connectivity index is 2.13. The highest BCUT2D eigenvalue weighted by atomic mass is 16.6. The topological polar surface area (TPSA) is 96.3 Å². The molecule has 7 nitrogen and oxygen atoms in total. The molecule has 7 heteroatoms. The van der Waals surface area contributed by atoms with Crippen LogP contribution in [0.4, 0.5) is 5.69 Å². The van der Waals surface area contributed by atoms with Gasteiger partial charge in [-0.1, -0.05) is 12.1 Å². The predicted molar refractivity (Wildman–Crippen MR) is 76.0 cm³/mol. The molecule has 21 heavy (non-hydrogen) atoms. The number of rotatable bonds is 4. The Labute approximate surface area is 120 Å². The first-order valence-corrected chi connectivity index (χ1v) is 6.15. The average molecular weight is 287 g/mol. The number of benzene rings is 1. The number of carbonyl (C=O) groups excluding carboxylic acids is 1. The third-order valence-corrected chi connectivity index (χ3v) is 2.92. The minimum absolute atomic E-state index is 0.0163. The summed E-state index contributed by atoms with van der Waals surface area (Å²) >= 11 is 0. The Kier molecular flexibility index (Phi) is 4.13. The zero-order chi connectivity index (χ0) is 15.4. The van der Waals surface area contributed by atoms with E-state index in [9.17, 15) is 19.7 Å². The van der Waals surface area contributed by atoms with Crippen molar-refractivity contribution in [1.82, 2.24) is 9.88 Å². The van der Waals surface area contributed by atoms with Crippen LogP contribution in [-0.2, 0) is 6.54 Å². The first kappa shape index (κ1) is 14.4. The Bertz CT molecular complexity index is 718. The van der Waals surface area contributed by atoms with E-state index < -0.39 is 4.92 Å². The summed E-state index contributed by atoms with van der Waals surface area (Å²) in [6.07, 6.45) is 1.34. The van der Waals surface area contributed by atoms with E-state index in [1.807, 2.05) is 0 Å². The van der Waals surface area contributed by atoms with Gasteiger partial charge in [0.05, 0.1) is 10.5 Å². The van der Waals surface area contributed by atoms with Crippen molar-refractivity contribution in [1.29, 1.82) is 0 Å². The number of nitro groups is 1. The minimum Gasteiger partial charge on any atom is -0.337 e. The molecule has 1 aromatic carbocycles. The van der Waals surface area contributed by atoms with Crippen LogP contribution < -0.4 is 5.56 Å². The van der Waals surface area contributed by atoms with Crippen molar-refractivity contribution >= 4 is 11.6 Å². The number of pyridine rings is 1. The molecule has 0 aliphatic rings. The normalized spacial score (nSPS) is 10.1. The number of nitrogens with zero attached hydrogens (tertiary/aromatic N) is 2. The molecule has 2 rings (SSSR count). The largest absolute Gasteiger partial charge is 0.337 e. The quantitative estimate of drug-likeness (QED) is 0.681. The van der Waals surface area contributed by atoms with E-state index in [0.29, 0.717) is 11.1 Å². The van der Waals surface area contributed by atoms with Crippen LogP contribution in [0.5, 0.6) is 0 Å². The fraction of sp³-hybridized carbons (Fsp3) is 0.143. The molecule has 1 amide bonds. The number of hydrogen-bond acceptors (Lipinski definition) is 4. The number of non-ortho nitro benzene ring substituents is 1. The van der Waals surface area contributed by atoms with E-state index in [1.165, 1.54) is 35.4 Å². The minimum atomic E-state index is -0.479. The van der Waals surface area contributed by atoms with E-state index in [0.717, 1.165) is 0 Å². The van der Waals surface area contributed by atoms with Gasteiger partial charge in [-0.05, 0) is 11.6 Å². The maximum atomic E-state index is 12.1. The zero-order valence-electron chi connectivity index (χ0n) is 11.3. The first-order valence-electron chi connectivity index (χ1n) is 6.15. The Morgan fingerprint density at radius 2 is 2.10 bits per heavy atom. The smallest absolute Gasteiger partial charge is 0.269 e. The van der Waals surface area contributed by atoms with Crippen LogP contribution in [0.1, 0.15) is 15.9 Å². The van der Waals surface area contributed by atoms with E-state index in [-0.39, 0.29) is 23.7 Å². The summed E-state index contributed by atoms with van der Waals surface area (Å²) in [5.41, 5.74) is 0.706. The van der Waals surface area contributed by atoms with Gasteiger partial charge in [0.15, 0.2) is 0 Å². The van der Waals surface area contributed by atoms with Gasteiger partial charge in [0, 0.05) is 38.0 Å². The van der Waals surface area contributed by atoms with Gasteiger partial charge >= 0.3 is 0 Å². The van der Waals surface area contributed by atoms with Crippen LogP contribution in [0.3, 0.4) is 0 Å². The summed E-state index contributed by atoms with van der Waals surface area (Å²) in [5.74, 6) is -0.280. The molecule has 0 atom stereocenters. The van der Waals surface area contributed by atoms with Gasteiger partial charge in [-0.25, -0.2) is 0 Å². The monoisotopic (exact) mass is 287 g/mol. The van der Waals surface area contributed by atoms with E-state index in [1.54, 1.807) is 19.2 Å². The van der Waals surface area contributed by atoms with E-state index >= 15 is 0 Å². The molecule has 0 aliphatic heterocycles. The maximum Gasteiger partial charge on any atom is 0.269 e. The molecule has 0 aliphatic carbocycles. The lowest BCUT2D eigenvalue weighted by molar-refractivity contribution is -0.384. The third kappa shape index (κ3) is 3.53. The van der Waals surface area contributed by atoms with Crippen molar-refractivity contribution in [3.8, 4) is 0 Å². The van der Waals surface area contributed by atoms with Crippen LogP contribution in [-0.4, -0.2) is 27.8 Å². The first-order chi connectivity index (χ1) is 9.97.